The Morgan fingerprint density at radius 3 is 2.52 bits per heavy atom. The summed E-state index contributed by atoms with van der Waals surface area (Å²) in [5.74, 6) is -0.000283. The maximum atomic E-state index is 12.4. The summed E-state index contributed by atoms with van der Waals surface area (Å²) in [6, 6.07) is 3.21. The van der Waals surface area contributed by atoms with Crippen molar-refractivity contribution in [3.63, 3.8) is 0 Å². The van der Waals surface area contributed by atoms with E-state index in [1.165, 1.54) is 6.07 Å². The van der Waals surface area contributed by atoms with Crippen LogP contribution >= 0.6 is 0 Å². The fourth-order valence-corrected chi connectivity index (χ4v) is 2.85. The molecule has 0 bridgehead atoms. The third kappa shape index (κ3) is 3.94. The van der Waals surface area contributed by atoms with Crippen LogP contribution in [-0.2, 0) is 4.74 Å². The van der Waals surface area contributed by atoms with E-state index in [1.807, 2.05) is 13.8 Å². The van der Waals surface area contributed by atoms with Gasteiger partial charge in [0.2, 0.25) is 5.56 Å². The molecule has 116 valence electrons. The Kier molecular flexibility index (Phi) is 5.17. The topological polar surface area (TPSA) is 71.2 Å². The molecule has 1 aromatic rings. The lowest BCUT2D eigenvalue weighted by Gasteiger charge is -2.28. The molecule has 5 heteroatoms. The number of rotatable bonds is 4. The number of H-pyrrole nitrogens is 1. The molecule has 1 amide bonds. The number of hydrogen-bond acceptors (Lipinski definition) is 3. The summed E-state index contributed by atoms with van der Waals surface area (Å²) in [6.45, 7) is 3.93. The third-order valence-corrected chi connectivity index (χ3v) is 4.11. The van der Waals surface area contributed by atoms with Gasteiger partial charge in [-0.1, -0.05) is 13.8 Å². The van der Waals surface area contributed by atoms with Gasteiger partial charge in [-0.25, -0.2) is 0 Å². The molecule has 0 spiro atoms. The van der Waals surface area contributed by atoms with Crippen molar-refractivity contribution in [3.05, 3.63) is 33.7 Å². The van der Waals surface area contributed by atoms with Crippen molar-refractivity contribution in [2.75, 3.05) is 7.11 Å². The van der Waals surface area contributed by atoms with Crippen molar-refractivity contribution < 1.29 is 9.53 Å². The number of methoxy groups -OCH3 is 1. The standard InChI is InChI=1S/C16H24N2O3/c1-10(2)15-13(8-9-14(19)18-15)16(20)17-11-4-6-12(21-3)7-5-11/h8-12H,4-7H2,1-3H3,(H,17,20)(H,18,19). The molecule has 0 radical (unpaired) electrons. The lowest BCUT2D eigenvalue weighted by molar-refractivity contribution is 0.0599. The molecule has 2 N–H and O–H groups in total. The van der Waals surface area contributed by atoms with Crippen LogP contribution in [0.4, 0.5) is 0 Å². The van der Waals surface area contributed by atoms with Gasteiger partial charge in [0, 0.05) is 24.9 Å². The minimum Gasteiger partial charge on any atom is -0.381 e. The van der Waals surface area contributed by atoms with Crippen LogP contribution in [0.15, 0.2) is 16.9 Å². The van der Waals surface area contributed by atoms with E-state index < -0.39 is 0 Å². The van der Waals surface area contributed by atoms with Gasteiger partial charge in [-0.15, -0.1) is 0 Å². The second kappa shape index (κ2) is 6.89. The predicted molar refractivity (Wildman–Crippen MR) is 81.7 cm³/mol. The van der Waals surface area contributed by atoms with E-state index in [4.69, 9.17) is 4.74 Å². The number of nitrogens with one attached hydrogen (secondary N) is 2. The van der Waals surface area contributed by atoms with E-state index in [1.54, 1.807) is 13.2 Å². The van der Waals surface area contributed by atoms with Gasteiger partial charge in [0.05, 0.1) is 11.7 Å². The third-order valence-electron chi connectivity index (χ3n) is 4.11. The second-order valence-corrected chi connectivity index (χ2v) is 5.99. The monoisotopic (exact) mass is 292 g/mol. The molecule has 0 unspecified atom stereocenters. The van der Waals surface area contributed by atoms with Crippen molar-refractivity contribution in [3.8, 4) is 0 Å². The Labute approximate surface area is 125 Å². The highest BCUT2D eigenvalue weighted by Crippen LogP contribution is 2.21. The SMILES string of the molecule is COC1CCC(NC(=O)c2ccc(=O)[nH]c2C(C)C)CC1. The maximum Gasteiger partial charge on any atom is 0.253 e. The summed E-state index contributed by atoms with van der Waals surface area (Å²) in [5, 5.41) is 3.08. The van der Waals surface area contributed by atoms with Crippen LogP contribution in [0.25, 0.3) is 0 Å². The zero-order valence-electron chi connectivity index (χ0n) is 12.9. The van der Waals surface area contributed by atoms with Crippen molar-refractivity contribution in [1.29, 1.82) is 0 Å². The first-order valence-corrected chi connectivity index (χ1v) is 7.58. The van der Waals surface area contributed by atoms with Gasteiger partial charge in [0.25, 0.3) is 5.91 Å². The molecular formula is C16H24N2O3. The van der Waals surface area contributed by atoms with Gasteiger partial charge in [-0.3, -0.25) is 9.59 Å². The molecule has 1 aromatic heterocycles. The Balaban J connectivity index is 2.06. The average Bonchev–Trinajstić information content (AvgIpc) is 2.47. The molecule has 0 aliphatic heterocycles. The Hall–Kier alpha value is -1.62. The molecule has 0 saturated heterocycles. The minimum atomic E-state index is -0.171. The normalized spacial score (nSPS) is 22.3. The first-order chi connectivity index (χ1) is 10.0. The predicted octanol–water partition coefficient (Wildman–Crippen LogP) is 2.19. The van der Waals surface area contributed by atoms with Crippen LogP contribution in [0.1, 0.15) is 61.5 Å². The fraction of sp³-hybridized carbons (Fsp3) is 0.625. The number of aromatic nitrogens is 1. The number of ether oxygens (including phenoxy) is 1. The van der Waals surface area contributed by atoms with Gasteiger partial charge >= 0.3 is 0 Å². The van der Waals surface area contributed by atoms with Gasteiger partial charge in [0.15, 0.2) is 0 Å². The molecule has 1 saturated carbocycles. The lowest BCUT2D eigenvalue weighted by Crippen LogP contribution is -2.39. The quantitative estimate of drug-likeness (QED) is 0.893. The summed E-state index contributed by atoms with van der Waals surface area (Å²) in [7, 11) is 1.73. The van der Waals surface area contributed by atoms with Crippen LogP contribution in [0, 0.1) is 0 Å². The molecule has 1 aliphatic carbocycles. The number of aromatic amines is 1. The van der Waals surface area contributed by atoms with Crippen molar-refractivity contribution in [2.24, 2.45) is 0 Å². The first kappa shape index (κ1) is 15.8. The van der Waals surface area contributed by atoms with E-state index in [2.05, 4.69) is 10.3 Å². The summed E-state index contributed by atoms with van der Waals surface area (Å²) < 4.78 is 5.34. The highest BCUT2D eigenvalue weighted by molar-refractivity contribution is 5.95. The smallest absolute Gasteiger partial charge is 0.253 e. The number of pyridine rings is 1. The molecule has 0 aromatic carbocycles. The Morgan fingerprint density at radius 2 is 1.95 bits per heavy atom. The molecule has 1 aliphatic rings. The van der Waals surface area contributed by atoms with Gasteiger partial charge < -0.3 is 15.0 Å². The summed E-state index contributed by atoms with van der Waals surface area (Å²) in [6.07, 6.45) is 4.14. The fourth-order valence-electron chi connectivity index (χ4n) is 2.85. The minimum absolute atomic E-state index is 0.101. The van der Waals surface area contributed by atoms with E-state index in [0.29, 0.717) is 17.4 Å². The van der Waals surface area contributed by atoms with Crippen LogP contribution in [0.2, 0.25) is 0 Å². The highest BCUT2D eigenvalue weighted by Gasteiger charge is 2.23. The van der Waals surface area contributed by atoms with Crippen molar-refractivity contribution in [2.45, 2.75) is 57.6 Å². The summed E-state index contributed by atoms with van der Waals surface area (Å²) in [4.78, 5) is 26.6. The van der Waals surface area contributed by atoms with Gasteiger partial charge in [-0.2, -0.15) is 0 Å². The van der Waals surface area contributed by atoms with Crippen LogP contribution in [0.5, 0.6) is 0 Å². The molecule has 2 rings (SSSR count). The lowest BCUT2D eigenvalue weighted by atomic mass is 9.92. The molecule has 21 heavy (non-hydrogen) atoms. The zero-order chi connectivity index (χ0) is 15.4. The molecule has 0 atom stereocenters. The van der Waals surface area contributed by atoms with Crippen LogP contribution < -0.4 is 10.9 Å². The van der Waals surface area contributed by atoms with Gasteiger partial charge in [0.1, 0.15) is 0 Å². The summed E-state index contributed by atoms with van der Waals surface area (Å²) in [5.41, 5.74) is 1.10. The number of carbonyl (C=O) groups excluding carboxylic acids is 1. The molecule has 1 heterocycles. The first-order valence-electron chi connectivity index (χ1n) is 7.58. The number of amides is 1. The van der Waals surface area contributed by atoms with E-state index in [-0.39, 0.29) is 23.4 Å². The van der Waals surface area contributed by atoms with Crippen LogP contribution in [-0.4, -0.2) is 30.1 Å². The Morgan fingerprint density at radius 1 is 1.29 bits per heavy atom. The van der Waals surface area contributed by atoms with Gasteiger partial charge in [-0.05, 0) is 37.7 Å². The van der Waals surface area contributed by atoms with Crippen molar-refractivity contribution in [1.82, 2.24) is 10.3 Å². The number of carbonyl (C=O) groups is 1. The van der Waals surface area contributed by atoms with Crippen LogP contribution in [0.3, 0.4) is 0 Å². The Bertz CT molecular complexity index is 543. The molecular weight excluding hydrogens is 268 g/mol. The maximum absolute atomic E-state index is 12.4. The molecule has 5 nitrogen and oxygen atoms in total. The van der Waals surface area contributed by atoms with Crippen molar-refractivity contribution >= 4 is 5.91 Å². The average molecular weight is 292 g/mol. The summed E-state index contributed by atoms with van der Waals surface area (Å²) >= 11 is 0. The zero-order valence-corrected chi connectivity index (χ0v) is 12.9. The van der Waals surface area contributed by atoms with E-state index in [9.17, 15) is 9.59 Å². The highest BCUT2D eigenvalue weighted by atomic mass is 16.5. The van der Waals surface area contributed by atoms with E-state index >= 15 is 0 Å². The number of hydrogen-bond donors (Lipinski definition) is 2. The van der Waals surface area contributed by atoms with E-state index in [0.717, 1.165) is 25.7 Å². The largest absolute Gasteiger partial charge is 0.381 e. The molecule has 1 fully saturated rings. The second-order valence-electron chi connectivity index (χ2n) is 5.99.